The van der Waals surface area contributed by atoms with Crippen LogP contribution in [0, 0.1) is 0 Å². The van der Waals surface area contributed by atoms with Crippen molar-refractivity contribution in [3.63, 3.8) is 0 Å². The molecule has 24 heavy (non-hydrogen) atoms. The fourth-order valence-corrected chi connectivity index (χ4v) is 2.46. The molecule has 0 bridgehead atoms. The lowest BCUT2D eigenvalue weighted by atomic mass is 10.2. The molecular formula is C18H19BrN2O3. The highest BCUT2D eigenvalue weighted by Crippen LogP contribution is 2.22. The van der Waals surface area contributed by atoms with Crippen molar-refractivity contribution < 1.29 is 14.3 Å². The summed E-state index contributed by atoms with van der Waals surface area (Å²) in [5, 5.41) is 5.39. The van der Waals surface area contributed by atoms with E-state index in [1.807, 2.05) is 30.3 Å². The molecule has 2 N–H and O–H groups in total. The van der Waals surface area contributed by atoms with Crippen molar-refractivity contribution in [2.75, 3.05) is 13.1 Å². The molecule has 0 saturated carbocycles. The minimum Gasteiger partial charge on any atom is -0.488 e. The van der Waals surface area contributed by atoms with Crippen molar-refractivity contribution in [3.8, 4) is 5.75 Å². The van der Waals surface area contributed by atoms with Crippen molar-refractivity contribution in [3.05, 3.63) is 64.1 Å². The van der Waals surface area contributed by atoms with Gasteiger partial charge in [0, 0.05) is 30.0 Å². The average Bonchev–Trinajstić information content (AvgIpc) is 2.58. The molecule has 0 spiro atoms. The number of carbonyl (C=O) groups excluding carboxylic acids is 2. The van der Waals surface area contributed by atoms with Crippen LogP contribution in [0.3, 0.4) is 0 Å². The topological polar surface area (TPSA) is 67.4 Å². The minimum absolute atomic E-state index is 0.124. The van der Waals surface area contributed by atoms with Crippen LogP contribution in [-0.4, -0.2) is 24.9 Å². The van der Waals surface area contributed by atoms with Crippen molar-refractivity contribution >= 4 is 27.7 Å². The van der Waals surface area contributed by atoms with E-state index >= 15 is 0 Å². The Bertz CT molecular complexity index is 719. The standard InChI is InChI=1S/C18H19BrN2O3/c1-13(22)20-10-11-21-18(23)15-7-3-5-9-17(15)24-12-14-6-2-4-8-16(14)19/h2-9H,10-12H2,1H3,(H,20,22)(H,21,23). The van der Waals surface area contributed by atoms with E-state index in [4.69, 9.17) is 4.74 Å². The maximum Gasteiger partial charge on any atom is 0.255 e. The molecule has 5 nitrogen and oxygen atoms in total. The number of amides is 2. The first kappa shape index (κ1) is 18.0. The second kappa shape index (κ2) is 9.08. The Morgan fingerprint density at radius 3 is 2.42 bits per heavy atom. The van der Waals surface area contributed by atoms with Crippen LogP contribution in [-0.2, 0) is 11.4 Å². The number of benzene rings is 2. The van der Waals surface area contributed by atoms with Gasteiger partial charge in [-0.1, -0.05) is 46.3 Å². The van der Waals surface area contributed by atoms with E-state index in [2.05, 4.69) is 26.6 Å². The van der Waals surface area contributed by atoms with Gasteiger partial charge in [0.1, 0.15) is 12.4 Å². The summed E-state index contributed by atoms with van der Waals surface area (Å²) in [5.41, 5.74) is 1.46. The zero-order valence-corrected chi connectivity index (χ0v) is 14.9. The molecule has 0 saturated heterocycles. The van der Waals surface area contributed by atoms with Crippen LogP contribution in [0.15, 0.2) is 53.0 Å². The van der Waals surface area contributed by atoms with Crippen LogP contribution in [0.4, 0.5) is 0 Å². The van der Waals surface area contributed by atoms with Crippen molar-refractivity contribution in [2.45, 2.75) is 13.5 Å². The van der Waals surface area contributed by atoms with Crippen LogP contribution in [0.2, 0.25) is 0 Å². The molecule has 0 heterocycles. The second-order valence-electron chi connectivity index (χ2n) is 5.12. The lowest BCUT2D eigenvalue weighted by Crippen LogP contribution is -2.33. The predicted molar refractivity (Wildman–Crippen MR) is 95.9 cm³/mol. The number of rotatable bonds is 7. The summed E-state index contributed by atoms with van der Waals surface area (Å²) in [6, 6.07) is 14.9. The van der Waals surface area contributed by atoms with Crippen molar-refractivity contribution in [1.29, 1.82) is 0 Å². The first-order valence-corrected chi connectivity index (χ1v) is 8.35. The van der Waals surface area contributed by atoms with Gasteiger partial charge >= 0.3 is 0 Å². The summed E-state index contributed by atoms with van der Waals surface area (Å²) in [7, 11) is 0. The van der Waals surface area contributed by atoms with Gasteiger partial charge in [-0.3, -0.25) is 9.59 Å². The number of nitrogens with one attached hydrogen (secondary N) is 2. The molecule has 0 radical (unpaired) electrons. The van der Waals surface area contributed by atoms with E-state index < -0.39 is 0 Å². The zero-order chi connectivity index (χ0) is 17.4. The monoisotopic (exact) mass is 390 g/mol. The fraction of sp³-hybridized carbons (Fsp3) is 0.222. The molecule has 0 fully saturated rings. The van der Waals surface area contributed by atoms with E-state index in [1.165, 1.54) is 6.92 Å². The highest BCUT2D eigenvalue weighted by atomic mass is 79.9. The molecule has 2 amide bonds. The number of hydrogen-bond acceptors (Lipinski definition) is 3. The number of hydrogen-bond donors (Lipinski definition) is 2. The van der Waals surface area contributed by atoms with E-state index in [-0.39, 0.29) is 11.8 Å². The van der Waals surface area contributed by atoms with Gasteiger partial charge < -0.3 is 15.4 Å². The number of halogens is 1. The Morgan fingerprint density at radius 1 is 1.00 bits per heavy atom. The van der Waals surface area contributed by atoms with Crippen molar-refractivity contribution in [2.24, 2.45) is 0 Å². The number of carbonyl (C=O) groups is 2. The largest absolute Gasteiger partial charge is 0.488 e. The summed E-state index contributed by atoms with van der Waals surface area (Å²) in [6.07, 6.45) is 0. The normalized spacial score (nSPS) is 10.1. The van der Waals surface area contributed by atoms with E-state index in [0.29, 0.717) is 31.0 Å². The van der Waals surface area contributed by atoms with Gasteiger partial charge in [0.2, 0.25) is 5.91 Å². The molecule has 0 aliphatic carbocycles. The SMILES string of the molecule is CC(=O)NCCNC(=O)c1ccccc1OCc1ccccc1Br. The van der Waals surface area contributed by atoms with Gasteiger partial charge in [-0.25, -0.2) is 0 Å². The summed E-state index contributed by atoms with van der Waals surface area (Å²) in [5.74, 6) is 0.162. The summed E-state index contributed by atoms with van der Waals surface area (Å²) < 4.78 is 6.77. The van der Waals surface area contributed by atoms with Gasteiger partial charge in [-0.15, -0.1) is 0 Å². The molecule has 0 unspecified atom stereocenters. The highest BCUT2D eigenvalue weighted by Gasteiger charge is 2.12. The smallest absolute Gasteiger partial charge is 0.255 e. The first-order chi connectivity index (χ1) is 11.6. The molecule has 2 aromatic carbocycles. The molecule has 0 aliphatic rings. The highest BCUT2D eigenvalue weighted by molar-refractivity contribution is 9.10. The summed E-state index contributed by atoms with van der Waals surface area (Å²) in [6.45, 7) is 2.54. The van der Waals surface area contributed by atoms with Crippen LogP contribution in [0.1, 0.15) is 22.8 Å². The van der Waals surface area contributed by atoms with Gasteiger partial charge in [-0.2, -0.15) is 0 Å². The number of para-hydroxylation sites is 1. The van der Waals surface area contributed by atoms with E-state index in [9.17, 15) is 9.59 Å². The minimum atomic E-state index is -0.233. The molecular weight excluding hydrogens is 372 g/mol. The fourth-order valence-electron chi connectivity index (χ4n) is 2.06. The molecule has 2 rings (SSSR count). The third kappa shape index (κ3) is 5.38. The van der Waals surface area contributed by atoms with Gasteiger partial charge in [0.05, 0.1) is 5.56 Å². The molecule has 0 atom stereocenters. The van der Waals surface area contributed by atoms with Crippen LogP contribution < -0.4 is 15.4 Å². The molecule has 126 valence electrons. The summed E-state index contributed by atoms with van der Waals surface area (Å²) in [4.78, 5) is 23.1. The molecule has 2 aromatic rings. The predicted octanol–water partition coefficient (Wildman–Crippen LogP) is 2.89. The Hall–Kier alpha value is -2.34. The Labute approximate surface area is 149 Å². The third-order valence-corrected chi connectivity index (χ3v) is 4.03. The van der Waals surface area contributed by atoms with E-state index in [1.54, 1.807) is 18.2 Å². The maximum absolute atomic E-state index is 12.3. The third-order valence-electron chi connectivity index (χ3n) is 3.26. The average molecular weight is 391 g/mol. The Morgan fingerprint density at radius 2 is 1.67 bits per heavy atom. The van der Waals surface area contributed by atoms with Crippen LogP contribution >= 0.6 is 15.9 Å². The lowest BCUT2D eigenvalue weighted by molar-refractivity contribution is -0.118. The van der Waals surface area contributed by atoms with Gasteiger partial charge in [0.25, 0.3) is 5.91 Å². The Balaban J connectivity index is 1.98. The lowest BCUT2D eigenvalue weighted by Gasteiger charge is -2.12. The maximum atomic E-state index is 12.3. The van der Waals surface area contributed by atoms with E-state index in [0.717, 1.165) is 10.0 Å². The quantitative estimate of drug-likeness (QED) is 0.714. The number of ether oxygens (including phenoxy) is 1. The van der Waals surface area contributed by atoms with Gasteiger partial charge in [-0.05, 0) is 18.2 Å². The first-order valence-electron chi connectivity index (χ1n) is 7.56. The second-order valence-corrected chi connectivity index (χ2v) is 5.97. The van der Waals surface area contributed by atoms with Crippen LogP contribution in [0.5, 0.6) is 5.75 Å². The van der Waals surface area contributed by atoms with Crippen molar-refractivity contribution in [1.82, 2.24) is 10.6 Å². The zero-order valence-electron chi connectivity index (χ0n) is 13.3. The van der Waals surface area contributed by atoms with Crippen LogP contribution in [0.25, 0.3) is 0 Å². The molecule has 0 aromatic heterocycles. The van der Waals surface area contributed by atoms with Gasteiger partial charge in [0.15, 0.2) is 0 Å². The summed E-state index contributed by atoms with van der Waals surface area (Å²) >= 11 is 3.48. The Kier molecular flexibility index (Phi) is 6.81. The molecule has 0 aliphatic heterocycles. The molecule has 6 heteroatoms.